The number of ketones is 1. The monoisotopic (exact) mass is 522 g/mol. The van der Waals surface area contributed by atoms with Crippen LogP contribution in [0.15, 0.2) is 54.6 Å². The van der Waals surface area contributed by atoms with Crippen molar-refractivity contribution in [3.8, 4) is 0 Å². The number of benzene rings is 2. The van der Waals surface area contributed by atoms with Crippen LogP contribution in [-0.4, -0.2) is 48.4 Å². The molecule has 2 rings (SSSR count). The molecule has 0 bridgehead atoms. The molecule has 0 fully saturated rings. The quantitative estimate of drug-likeness (QED) is 0.240. The smallest absolute Gasteiger partial charge is 0.481 e. The molecule has 35 heavy (non-hydrogen) atoms. The molecule has 0 aliphatic heterocycles. The van der Waals surface area contributed by atoms with Gasteiger partial charge < -0.3 is 16.6 Å². The van der Waals surface area contributed by atoms with Crippen molar-refractivity contribution in [2.24, 2.45) is 11.5 Å². The number of aliphatic carboxylic acids is 1. The Bertz CT molecular complexity index is 951. The van der Waals surface area contributed by atoms with Crippen molar-refractivity contribution in [3.05, 3.63) is 71.3 Å². The Labute approximate surface area is 203 Å². The molecule has 0 amide bonds. The number of carboxylic acid groups (broad SMARTS) is 1. The molecule has 198 valence electrons. The van der Waals surface area contributed by atoms with Gasteiger partial charge in [-0.25, -0.2) is 0 Å². The number of aryl methyl sites for hydroxylation is 2. The van der Waals surface area contributed by atoms with E-state index >= 15 is 0 Å². The third-order valence-electron chi connectivity index (χ3n) is 3.81. The zero-order chi connectivity index (χ0) is 27.5. The number of halogens is 3. The van der Waals surface area contributed by atoms with Crippen molar-refractivity contribution in [3.63, 3.8) is 0 Å². The van der Waals surface area contributed by atoms with Gasteiger partial charge in [-0.15, -0.1) is 0 Å². The SMILES string of the molecule is Cc1ccc(C(=O)CCCN)cc1.Cc1ccccc1.NCCCC(=O)O.O=S(=O)(O)C(F)(F)F. The van der Waals surface area contributed by atoms with E-state index in [0.29, 0.717) is 25.9 Å². The van der Waals surface area contributed by atoms with Crippen molar-refractivity contribution in [2.75, 3.05) is 13.1 Å². The van der Waals surface area contributed by atoms with Gasteiger partial charge in [-0.05, 0) is 39.8 Å². The van der Waals surface area contributed by atoms with Crippen LogP contribution in [0.25, 0.3) is 0 Å². The summed E-state index contributed by atoms with van der Waals surface area (Å²) in [6.45, 7) is 5.14. The Morgan fingerprint density at radius 2 is 1.23 bits per heavy atom. The van der Waals surface area contributed by atoms with Gasteiger partial charge in [0.1, 0.15) is 0 Å². The molecule has 0 atom stereocenters. The first-order valence-electron chi connectivity index (χ1n) is 10.4. The maximum absolute atomic E-state index is 11.5. The van der Waals surface area contributed by atoms with Crippen LogP contribution >= 0.6 is 0 Å². The molecule has 6 N–H and O–H groups in total. The highest BCUT2D eigenvalue weighted by atomic mass is 32.2. The van der Waals surface area contributed by atoms with Crippen LogP contribution in [0.3, 0.4) is 0 Å². The number of carboxylic acids is 1. The maximum Gasteiger partial charge on any atom is 0.522 e. The average molecular weight is 523 g/mol. The van der Waals surface area contributed by atoms with Crippen molar-refractivity contribution >= 4 is 21.9 Å². The summed E-state index contributed by atoms with van der Waals surface area (Å²) >= 11 is 0. The molecule has 0 unspecified atom stereocenters. The minimum absolute atomic E-state index is 0.186. The van der Waals surface area contributed by atoms with Crippen LogP contribution in [0.2, 0.25) is 0 Å². The molecule has 12 heteroatoms. The lowest BCUT2D eigenvalue weighted by Crippen LogP contribution is -2.21. The predicted octanol–water partition coefficient (Wildman–Crippen LogP) is 4.12. The van der Waals surface area contributed by atoms with E-state index in [1.165, 1.54) is 11.1 Å². The van der Waals surface area contributed by atoms with E-state index in [4.69, 9.17) is 29.5 Å². The van der Waals surface area contributed by atoms with E-state index in [0.717, 1.165) is 12.0 Å². The number of carbonyl (C=O) groups excluding carboxylic acids is 1. The molecule has 0 aliphatic carbocycles. The van der Waals surface area contributed by atoms with Gasteiger partial charge in [0.25, 0.3) is 0 Å². The van der Waals surface area contributed by atoms with Crippen LogP contribution in [0.5, 0.6) is 0 Å². The molecular weight excluding hydrogens is 489 g/mol. The Morgan fingerprint density at radius 3 is 1.51 bits per heavy atom. The summed E-state index contributed by atoms with van der Waals surface area (Å²) in [6, 6.07) is 17.9. The molecule has 0 saturated heterocycles. The van der Waals surface area contributed by atoms with Gasteiger partial charge in [0, 0.05) is 18.4 Å². The van der Waals surface area contributed by atoms with Crippen LogP contribution in [0.1, 0.15) is 47.2 Å². The lowest BCUT2D eigenvalue weighted by atomic mass is 10.1. The first kappa shape index (κ1) is 34.4. The second-order valence-corrected chi connectivity index (χ2v) is 8.46. The Kier molecular flexibility index (Phi) is 18.2. The average Bonchev–Trinajstić information content (AvgIpc) is 2.77. The molecule has 0 heterocycles. The summed E-state index contributed by atoms with van der Waals surface area (Å²) in [5, 5.41) is 7.99. The Morgan fingerprint density at radius 1 is 0.829 bits per heavy atom. The number of rotatable bonds is 7. The van der Waals surface area contributed by atoms with Crippen molar-refractivity contribution in [2.45, 2.75) is 45.0 Å². The van der Waals surface area contributed by atoms with Crippen LogP contribution < -0.4 is 11.5 Å². The zero-order valence-corrected chi connectivity index (χ0v) is 20.5. The third kappa shape index (κ3) is 20.3. The minimum atomic E-state index is -5.84. The first-order valence-corrected chi connectivity index (χ1v) is 11.9. The van der Waals surface area contributed by atoms with E-state index in [1.807, 2.05) is 49.4 Å². The Hall–Kier alpha value is -2.80. The summed E-state index contributed by atoms with van der Waals surface area (Å²) < 4.78 is 57.5. The van der Waals surface area contributed by atoms with E-state index in [2.05, 4.69) is 19.1 Å². The minimum Gasteiger partial charge on any atom is -0.481 e. The lowest BCUT2D eigenvalue weighted by Gasteiger charge is -1.99. The van der Waals surface area contributed by atoms with Gasteiger partial charge in [0.05, 0.1) is 0 Å². The summed E-state index contributed by atoms with van der Waals surface area (Å²) in [5.74, 6) is -0.587. The fraction of sp³-hybridized carbons (Fsp3) is 0.391. The lowest BCUT2D eigenvalue weighted by molar-refractivity contribution is -0.137. The fourth-order valence-corrected chi connectivity index (χ4v) is 1.93. The topological polar surface area (TPSA) is 161 Å². The molecule has 0 aromatic heterocycles. The standard InChI is InChI=1S/C11H15NO.C7H8.C4H9NO2.CHF3O3S/c1-9-4-6-10(7-5-9)11(13)3-2-8-12;1-7-5-3-2-4-6-7;5-3-1-2-4(6)7;2-1(3,4)8(5,6)7/h4-7H,2-3,8,12H2,1H3;2-6H,1H3;1-3,5H2,(H,6,7);(H,5,6,7). The van der Waals surface area contributed by atoms with E-state index < -0.39 is 21.6 Å². The molecule has 0 saturated carbocycles. The molecule has 2 aromatic carbocycles. The van der Waals surface area contributed by atoms with Crippen molar-refractivity contribution < 1.29 is 40.8 Å². The number of hydrogen-bond donors (Lipinski definition) is 4. The van der Waals surface area contributed by atoms with Gasteiger partial charge in [-0.3, -0.25) is 14.1 Å². The van der Waals surface area contributed by atoms with Gasteiger partial charge in [-0.1, -0.05) is 65.7 Å². The van der Waals surface area contributed by atoms with Gasteiger partial charge >= 0.3 is 21.6 Å². The van der Waals surface area contributed by atoms with E-state index in [1.54, 1.807) is 0 Å². The van der Waals surface area contributed by atoms with E-state index in [-0.39, 0.29) is 12.2 Å². The number of Topliss-reactive ketones (excluding diaryl/α,β-unsaturated/α-hetero) is 1. The molecule has 8 nitrogen and oxygen atoms in total. The third-order valence-corrected chi connectivity index (χ3v) is 4.39. The number of carbonyl (C=O) groups is 2. The highest BCUT2D eigenvalue weighted by Crippen LogP contribution is 2.20. The highest BCUT2D eigenvalue weighted by molar-refractivity contribution is 7.86. The molecule has 0 aliphatic rings. The maximum atomic E-state index is 11.5. The second-order valence-electron chi connectivity index (χ2n) is 7.04. The fourth-order valence-electron chi connectivity index (χ4n) is 1.93. The molecule has 2 aromatic rings. The second kappa shape index (κ2) is 18.5. The Balaban J connectivity index is 0. The van der Waals surface area contributed by atoms with Crippen molar-refractivity contribution in [1.82, 2.24) is 0 Å². The summed E-state index contributed by atoms with van der Waals surface area (Å²) in [7, 11) is -5.84. The van der Waals surface area contributed by atoms with E-state index in [9.17, 15) is 22.8 Å². The zero-order valence-electron chi connectivity index (χ0n) is 19.7. The summed E-state index contributed by atoms with van der Waals surface area (Å²) in [6.07, 6.45) is 2.10. The number of alkyl halides is 3. The van der Waals surface area contributed by atoms with Gasteiger partial charge in [0.15, 0.2) is 5.78 Å². The molecular formula is C23H33F3N2O6S. The van der Waals surface area contributed by atoms with Gasteiger partial charge in [-0.2, -0.15) is 21.6 Å². The number of nitrogens with two attached hydrogens (primary N) is 2. The largest absolute Gasteiger partial charge is 0.522 e. The normalized spacial score (nSPS) is 10.4. The van der Waals surface area contributed by atoms with Crippen LogP contribution in [-0.2, 0) is 14.9 Å². The highest BCUT2D eigenvalue weighted by Gasteiger charge is 2.44. The van der Waals surface area contributed by atoms with Crippen molar-refractivity contribution in [1.29, 1.82) is 0 Å². The molecule has 0 spiro atoms. The van der Waals surface area contributed by atoms with Crippen LogP contribution in [0, 0.1) is 13.8 Å². The predicted molar refractivity (Wildman–Crippen MR) is 129 cm³/mol. The van der Waals surface area contributed by atoms with Crippen LogP contribution in [0.4, 0.5) is 13.2 Å². The summed E-state index contributed by atoms with van der Waals surface area (Å²) in [4.78, 5) is 21.2. The van der Waals surface area contributed by atoms with Gasteiger partial charge in [0.2, 0.25) is 0 Å². The first-order chi connectivity index (χ1) is 16.2. The summed E-state index contributed by atoms with van der Waals surface area (Å²) in [5.41, 5.74) is 8.09. The molecule has 0 radical (unpaired) electrons. The number of hydrogen-bond acceptors (Lipinski definition) is 6.